The zero-order valence-electron chi connectivity index (χ0n) is 15.8. The quantitative estimate of drug-likeness (QED) is 0.735. The van der Waals surface area contributed by atoms with Crippen molar-refractivity contribution in [1.29, 1.82) is 0 Å². The molecule has 1 aliphatic heterocycles. The van der Waals surface area contributed by atoms with Crippen molar-refractivity contribution in [2.75, 3.05) is 37.2 Å². The van der Waals surface area contributed by atoms with E-state index < -0.39 is 9.73 Å². The second kappa shape index (κ2) is 6.61. The molecule has 1 fully saturated rings. The average molecular weight is 389 g/mol. The molecule has 1 N–H and O–H groups in total. The smallest absolute Gasteiger partial charge is 0.169 e. The maximum absolute atomic E-state index is 12.4. The number of hydrogen-bond acceptors (Lipinski definition) is 7. The SMILES string of the molecule is Cc1nn(-c2ccn[nH]2)c2nc(N3CCOC[C@H]3C)cc(N=S(C)(C)=O)c12. The normalized spacial score (nSPS) is 18.2. The number of anilines is 1. The summed E-state index contributed by atoms with van der Waals surface area (Å²) in [6.45, 7) is 6.03. The van der Waals surface area contributed by atoms with Gasteiger partial charge in [-0.3, -0.25) is 5.10 Å². The first-order chi connectivity index (χ1) is 12.8. The van der Waals surface area contributed by atoms with Crippen LogP contribution in [-0.2, 0) is 14.5 Å². The van der Waals surface area contributed by atoms with Crippen molar-refractivity contribution in [2.45, 2.75) is 19.9 Å². The third kappa shape index (κ3) is 3.42. The number of fused-ring (bicyclic) bond motifs is 1. The maximum Gasteiger partial charge on any atom is 0.169 e. The second-order valence-electron chi connectivity index (χ2n) is 7.03. The van der Waals surface area contributed by atoms with E-state index in [2.05, 4.69) is 31.5 Å². The molecule has 0 bridgehead atoms. The summed E-state index contributed by atoms with van der Waals surface area (Å²) in [6, 6.07) is 3.92. The standard InChI is InChI=1S/C17H23N7O2S/c1-11-10-26-8-7-23(11)15-9-13(22-27(3,4)25)16-12(2)21-24(17(16)19-15)14-5-6-18-20-14/h5-6,9,11H,7-8,10H2,1-4H3,(H,18,20)/t11-/m1/s1. The number of ether oxygens (including phenoxy) is 1. The molecule has 144 valence electrons. The number of aryl methyl sites for hydroxylation is 1. The van der Waals surface area contributed by atoms with Crippen LogP contribution in [0.3, 0.4) is 0 Å². The molecule has 1 saturated heterocycles. The fourth-order valence-electron chi connectivity index (χ4n) is 3.31. The lowest BCUT2D eigenvalue weighted by Gasteiger charge is -2.34. The van der Waals surface area contributed by atoms with E-state index in [9.17, 15) is 4.21 Å². The molecule has 0 spiro atoms. The molecule has 3 aromatic heterocycles. The molecular weight excluding hydrogens is 366 g/mol. The summed E-state index contributed by atoms with van der Waals surface area (Å²) in [4.78, 5) is 7.08. The Morgan fingerprint density at radius 1 is 1.41 bits per heavy atom. The summed E-state index contributed by atoms with van der Waals surface area (Å²) in [6.07, 6.45) is 4.93. The van der Waals surface area contributed by atoms with Gasteiger partial charge in [0.2, 0.25) is 0 Å². The predicted octanol–water partition coefficient (Wildman–Crippen LogP) is 2.04. The molecule has 4 rings (SSSR count). The van der Waals surface area contributed by atoms with Gasteiger partial charge in [0.15, 0.2) is 11.5 Å². The van der Waals surface area contributed by atoms with Crippen LogP contribution < -0.4 is 4.90 Å². The van der Waals surface area contributed by atoms with Crippen molar-refractivity contribution in [3.05, 3.63) is 24.0 Å². The molecule has 1 aliphatic rings. The lowest BCUT2D eigenvalue weighted by atomic mass is 10.2. The summed E-state index contributed by atoms with van der Waals surface area (Å²) in [5.41, 5.74) is 2.08. The number of aromatic amines is 1. The van der Waals surface area contributed by atoms with E-state index in [4.69, 9.17) is 9.72 Å². The highest BCUT2D eigenvalue weighted by atomic mass is 32.2. The number of H-pyrrole nitrogens is 1. The van der Waals surface area contributed by atoms with Crippen LogP contribution in [0.25, 0.3) is 16.9 Å². The largest absolute Gasteiger partial charge is 0.377 e. The molecule has 0 aliphatic carbocycles. The fourth-order valence-corrected chi connectivity index (χ4v) is 3.93. The maximum atomic E-state index is 12.4. The molecule has 1 atom stereocenters. The first-order valence-electron chi connectivity index (χ1n) is 8.75. The van der Waals surface area contributed by atoms with Gasteiger partial charge in [0.25, 0.3) is 0 Å². The van der Waals surface area contributed by atoms with E-state index in [0.717, 1.165) is 23.4 Å². The predicted molar refractivity (Wildman–Crippen MR) is 105 cm³/mol. The van der Waals surface area contributed by atoms with E-state index >= 15 is 0 Å². The van der Waals surface area contributed by atoms with Gasteiger partial charge in [0, 0.05) is 40.9 Å². The van der Waals surface area contributed by atoms with Crippen LogP contribution in [0.2, 0.25) is 0 Å². The number of hydrogen-bond donors (Lipinski definition) is 1. The Labute approximate surface area is 157 Å². The minimum Gasteiger partial charge on any atom is -0.377 e. The lowest BCUT2D eigenvalue weighted by Crippen LogP contribution is -2.44. The lowest BCUT2D eigenvalue weighted by molar-refractivity contribution is 0.0985. The van der Waals surface area contributed by atoms with Crippen molar-refractivity contribution >= 4 is 32.3 Å². The number of pyridine rings is 1. The summed E-state index contributed by atoms with van der Waals surface area (Å²) in [5, 5.41) is 12.3. The Hall–Kier alpha value is -2.46. The Kier molecular flexibility index (Phi) is 4.39. The van der Waals surface area contributed by atoms with Gasteiger partial charge in [0.1, 0.15) is 5.82 Å². The zero-order valence-corrected chi connectivity index (χ0v) is 16.7. The molecule has 4 heterocycles. The topological polar surface area (TPSA) is 101 Å². The number of nitrogens with zero attached hydrogens (tertiary/aromatic N) is 6. The number of aromatic nitrogens is 5. The van der Waals surface area contributed by atoms with Crippen LogP contribution in [0.4, 0.5) is 11.5 Å². The molecule has 10 heteroatoms. The number of morpholine rings is 1. The van der Waals surface area contributed by atoms with Crippen LogP contribution in [0.15, 0.2) is 22.7 Å². The molecule has 3 aromatic rings. The van der Waals surface area contributed by atoms with Crippen LogP contribution in [0, 0.1) is 6.92 Å². The summed E-state index contributed by atoms with van der Waals surface area (Å²) < 4.78 is 24.2. The van der Waals surface area contributed by atoms with Crippen molar-refractivity contribution in [2.24, 2.45) is 4.36 Å². The number of nitrogens with one attached hydrogen (secondary N) is 1. The molecule has 0 amide bonds. The number of rotatable bonds is 3. The second-order valence-corrected chi connectivity index (χ2v) is 9.57. The fraction of sp³-hybridized carbons (Fsp3) is 0.471. The Morgan fingerprint density at radius 3 is 2.89 bits per heavy atom. The minimum atomic E-state index is -2.34. The van der Waals surface area contributed by atoms with Gasteiger partial charge >= 0.3 is 0 Å². The third-order valence-corrected chi connectivity index (χ3v) is 5.11. The average Bonchev–Trinajstić information content (AvgIpc) is 3.22. The molecule has 0 radical (unpaired) electrons. The molecule has 0 aromatic carbocycles. The van der Waals surface area contributed by atoms with Gasteiger partial charge in [-0.25, -0.2) is 9.19 Å². The van der Waals surface area contributed by atoms with Gasteiger partial charge in [-0.2, -0.15) is 19.2 Å². The van der Waals surface area contributed by atoms with E-state index in [1.807, 2.05) is 19.1 Å². The third-order valence-electron chi connectivity index (χ3n) is 4.47. The van der Waals surface area contributed by atoms with Crippen LogP contribution in [0.1, 0.15) is 12.6 Å². The van der Waals surface area contributed by atoms with Crippen LogP contribution in [-0.4, -0.2) is 67.5 Å². The van der Waals surface area contributed by atoms with Gasteiger partial charge in [-0.05, 0) is 13.8 Å². The molecular formula is C17H23N7O2S. The highest BCUT2D eigenvalue weighted by Gasteiger charge is 2.24. The summed E-state index contributed by atoms with van der Waals surface area (Å²) >= 11 is 0. The van der Waals surface area contributed by atoms with Crippen LogP contribution in [0.5, 0.6) is 0 Å². The van der Waals surface area contributed by atoms with Crippen LogP contribution >= 0.6 is 0 Å². The van der Waals surface area contributed by atoms with Gasteiger partial charge in [0.05, 0.1) is 42.2 Å². The zero-order chi connectivity index (χ0) is 19.2. The van der Waals surface area contributed by atoms with Crippen molar-refractivity contribution in [3.63, 3.8) is 0 Å². The van der Waals surface area contributed by atoms with E-state index in [0.29, 0.717) is 30.4 Å². The van der Waals surface area contributed by atoms with Gasteiger partial charge in [-0.1, -0.05) is 0 Å². The molecule has 27 heavy (non-hydrogen) atoms. The Bertz CT molecular complexity index is 1090. The van der Waals surface area contributed by atoms with E-state index in [-0.39, 0.29) is 6.04 Å². The molecule has 0 unspecified atom stereocenters. The summed E-state index contributed by atoms with van der Waals surface area (Å²) in [5.74, 6) is 1.49. The van der Waals surface area contributed by atoms with Gasteiger partial charge in [-0.15, -0.1) is 0 Å². The molecule has 9 nitrogen and oxygen atoms in total. The van der Waals surface area contributed by atoms with Crippen molar-refractivity contribution in [3.8, 4) is 5.82 Å². The Morgan fingerprint density at radius 2 is 2.22 bits per heavy atom. The highest BCUT2D eigenvalue weighted by Crippen LogP contribution is 2.34. The van der Waals surface area contributed by atoms with Gasteiger partial charge < -0.3 is 9.64 Å². The van der Waals surface area contributed by atoms with Crippen molar-refractivity contribution in [1.82, 2.24) is 25.0 Å². The highest BCUT2D eigenvalue weighted by molar-refractivity contribution is 7.92. The van der Waals surface area contributed by atoms with Crippen molar-refractivity contribution < 1.29 is 8.95 Å². The first-order valence-corrected chi connectivity index (χ1v) is 11.1. The minimum absolute atomic E-state index is 0.189. The van der Waals surface area contributed by atoms with E-state index in [1.165, 1.54) is 0 Å². The van der Waals surface area contributed by atoms with E-state index in [1.54, 1.807) is 23.4 Å². The Balaban J connectivity index is 2.00. The first kappa shape index (κ1) is 17.9. The monoisotopic (exact) mass is 389 g/mol. The molecule has 0 saturated carbocycles. The summed E-state index contributed by atoms with van der Waals surface area (Å²) in [7, 11) is -2.34.